The van der Waals surface area contributed by atoms with E-state index < -0.39 is 0 Å². The Morgan fingerprint density at radius 2 is 1.50 bits per heavy atom. The van der Waals surface area contributed by atoms with Crippen molar-refractivity contribution in [2.24, 2.45) is 0 Å². The molecule has 0 aromatic heterocycles. The second-order valence-corrected chi connectivity index (χ2v) is 26.2. The molecule has 8 heteroatoms. The fraction of sp³-hybridized carbons (Fsp3) is 1.00. The topological polar surface area (TPSA) is 18.5 Å². The number of rotatable bonds is 5. The molecule has 0 saturated heterocycles. The van der Waals surface area contributed by atoms with Crippen molar-refractivity contribution in [3.05, 3.63) is 0 Å². The fourth-order valence-electron chi connectivity index (χ4n) is 1.27. The number of nitrogens with one attached hydrogen (secondary N) is 1. The quantitative estimate of drug-likeness (QED) is 0.288. The Bertz CT molecular complexity index is 204. The van der Waals surface area contributed by atoms with Crippen molar-refractivity contribution in [2.45, 2.75) is 51.4 Å². The van der Waals surface area contributed by atoms with Crippen molar-refractivity contribution in [3.63, 3.8) is 0 Å². The van der Waals surface area contributed by atoms with Crippen LogP contribution in [0.3, 0.4) is 0 Å². The van der Waals surface area contributed by atoms with Crippen LogP contribution in [0.5, 0.6) is 0 Å². The van der Waals surface area contributed by atoms with E-state index in [4.69, 9.17) is 0 Å². The van der Waals surface area contributed by atoms with Gasteiger partial charge in [-0.25, -0.2) is 0 Å². The summed E-state index contributed by atoms with van der Waals surface area (Å²) in [7, 11) is 0. The summed E-state index contributed by atoms with van der Waals surface area (Å²) in [6.07, 6.45) is 0. The average Bonchev–Trinajstić information content (AvgIpc) is 1.95. The van der Waals surface area contributed by atoms with E-state index in [0.717, 1.165) is 0 Å². The maximum absolute atomic E-state index is 3.72. The van der Waals surface area contributed by atoms with Crippen LogP contribution < -0.4 is 26.1 Å². The zero-order valence-corrected chi connectivity index (χ0v) is 21.2. The number of halogens is 1. The van der Waals surface area contributed by atoms with Gasteiger partial charge in [0.1, 0.15) is 0 Å². The van der Waals surface area contributed by atoms with Gasteiger partial charge in [-0.3, -0.25) is 0 Å². The fourth-order valence-corrected chi connectivity index (χ4v) is 24.3. The Labute approximate surface area is 142 Å². The van der Waals surface area contributed by atoms with Crippen LogP contribution in [0.15, 0.2) is 0 Å². The summed E-state index contributed by atoms with van der Waals surface area (Å²) in [6, 6.07) is 0. The molecule has 1 N–H and O–H groups in total. The molecule has 0 fully saturated rings. The second-order valence-electron chi connectivity index (χ2n) is 6.59. The molecular formula is C8H25Al4IN3-. The zero-order valence-electron chi connectivity index (χ0n) is 12.2. The molecule has 0 heterocycles. The third-order valence-corrected chi connectivity index (χ3v) is 13.7. The normalized spacial score (nSPS) is 13.5. The number of hydrogen-bond acceptors (Lipinski definition) is 3. The molecule has 0 rings (SSSR count). The monoisotopic (exact) mass is 398 g/mol. The van der Waals surface area contributed by atoms with E-state index in [2.05, 4.69) is 48.0 Å². The van der Waals surface area contributed by atoms with Gasteiger partial charge in [-0.15, -0.1) is 0 Å². The molecule has 0 aliphatic rings. The Hall–Kier alpha value is 2.74. The standard InChI is InChI=1S/C4H10N.C4H9.4Al.IN2.6H/c1-4(2,3)5;1-4(2)3;;;;;2-1-3;;;;;;/h5H,1-3H3;1-3H3;;;;;;;;;;;/q-1;;;;;+1;-1;;;;;;. The molecule has 0 unspecified atom stereocenters. The van der Waals surface area contributed by atoms with E-state index in [0.29, 0.717) is 9.82 Å². The maximum atomic E-state index is 3.72. The first kappa shape index (κ1) is 18.7. The number of nitrogens with zero attached hydrogens (tertiary/aromatic N) is 2. The molecule has 16 heavy (non-hydrogen) atoms. The number of hydrogen-bond donors (Lipinski definition) is 1. The molecule has 0 aliphatic carbocycles. The van der Waals surface area contributed by atoms with Crippen LogP contribution in [-0.4, -0.2) is 71.8 Å². The molecule has 92 valence electrons. The first-order valence-electron chi connectivity index (χ1n) is 5.82. The van der Waals surface area contributed by atoms with Crippen LogP contribution >= 0.6 is 0 Å². The Morgan fingerprint density at radius 3 is 1.88 bits per heavy atom. The first-order chi connectivity index (χ1) is 6.99. The van der Waals surface area contributed by atoms with Crippen molar-refractivity contribution in [3.8, 4) is 0 Å². The molecule has 3 nitrogen and oxygen atoms in total. The molecule has 0 aliphatic heterocycles. The summed E-state index contributed by atoms with van der Waals surface area (Å²) in [6.45, 7) is 14.0. The van der Waals surface area contributed by atoms with Gasteiger partial charge in [0.05, 0.1) is 0 Å². The van der Waals surface area contributed by atoms with E-state index in [1.807, 2.05) is 0 Å². The molecule has 0 atom stereocenters. The molecule has 0 aromatic carbocycles. The van der Waals surface area contributed by atoms with Crippen LogP contribution in [0, 0.1) is 0 Å². The SMILES string of the molecule is CC(C)(C)[NH][AlH][N]([AlH2])[I-][N]([AlH2])[AlH][C](C)(C)C. The predicted octanol–water partition coefficient (Wildman–Crippen LogP) is -4.17. The third kappa shape index (κ3) is 13.2. The van der Waals surface area contributed by atoms with Gasteiger partial charge in [0.25, 0.3) is 0 Å². The Balaban J connectivity index is 3.83. The van der Waals surface area contributed by atoms with Gasteiger partial charge in [0.2, 0.25) is 0 Å². The zero-order chi connectivity index (χ0) is 13.0. The van der Waals surface area contributed by atoms with Crippen molar-refractivity contribution in [1.82, 2.24) is 6.46 Å². The van der Waals surface area contributed by atoms with Gasteiger partial charge in [-0.05, 0) is 0 Å². The summed E-state index contributed by atoms with van der Waals surface area (Å²) < 4.78 is 9.90. The van der Waals surface area contributed by atoms with Crippen molar-refractivity contribution >= 4 is 64.1 Å². The van der Waals surface area contributed by atoms with Crippen LogP contribution in [0.4, 0.5) is 0 Å². The van der Waals surface area contributed by atoms with Gasteiger partial charge < -0.3 is 0 Å². The predicted molar refractivity (Wildman–Crippen MR) is 77.7 cm³/mol. The summed E-state index contributed by atoms with van der Waals surface area (Å²) >= 11 is 2.60. The summed E-state index contributed by atoms with van der Waals surface area (Å²) in [4.78, 5) is 0. The molecule has 0 spiro atoms. The van der Waals surface area contributed by atoms with Crippen LogP contribution in [0.2, 0.25) is 4.28 Å². The van der Waals surface area contributed by atoms with Crippen molar-refractivity contribution in [1.29, 1.82) is 0 Å². The summed E-state index contributed by atoms with van der Waals surface area (Å²) in [5.41, 5.74) is 0.316. The van der Waals surface area contributed by atoms with Crippen LogP contribution in [0.25, 0.3) is 0 Å². The van der Waals surface area contributed by atoms with E-state index >= 15 is 0 Å². The second kappa shape index (κ2) is 8.12. The minimum absolute atomic E-state index is 0.000977. The van der Waals surface area contributed by atoms with Crippen molar-refractivity contribution in [2.75, 3.05) is 0 Å². The van der Waals surface area contributed by atoms with Gasteiger partial charge in [0.15, 0.2) is 0 Å². The molecule has 0 aromatic rings. The van der Waals surface area contributed by atoms with E-state index in [1.165, 1.54) is 33.0 Å². The Morgan fingerprint density at radius 1 is 1.00 bits per heavy atom. The molecule has 0 saturated carbocycles. The first-order valence-corrected chi connectivity index (χ1v) is 12.2. The van der Waals surface area contributed by atoms with Gasteiger partial charge >= 0.3 is 144 Å². The average molecular weight is 398 g/mol. The molecular weight excluding hydrogens is 373 g/mol. The minimum atomic E-state index is -0.168. The Kier molecular flexibility index (Phi) is 9.51. The van der Waals surface area contributed by atoms with Crippen LogP contribution in [-0.2, 0) is 0 Å². The van der Waals surface area contributed by atoms with Gasteiger partial charge in [-0.1, -0.05) is 0 Å². The van der Waals surface area contributed by atoms with Gasteiger partial charge in [-0.2, -0.15) is 0 Å². The van der Waals surface area contributed by atoms with E-state index in [-0.39, 0.29) is 52.9 Å². The van der Waals surface area contributed by atoms with E-state index in [9.17, 15) is 0 Å². The van der Waals surface area contributed by atoms with Crippen molar-refractivity contribution < 1.29 is 21.8 Å². The summed E-state index contributed by atoms with van der Waals surface area (Å²) in [5, 5.41) is 0. The van der Waals surface area contributed by atoms with E-state index in [1.54, 1.807) is 0 Å². The molecule has 0 radical (unpaired) electrons. The van der Waals surface area contributed by atoms with Gasteiger partial charge in [0, 0.05) is 0 Å². The van der Waals surface area contributed by atoms with Crippen LogP contribution in [0.1, 0.15) is 41.5 Å². The third-order valence-electron chi connectivity index (χ3n) is 1.78. The molecule has 0 bridgehead atoms. The summed E-state index contributed by atoms with van der Waals surface area (Å²) in [5.74, 6) is 0. The molecule has 0 amide bonds.